The Balaban J connectivity index is 2.61. The summed E-state index contributed by atoms with van der Waals surface area (Å²) in [7, 11) is 0. The van der Waals surface area contributed by atoms with Crippen LogP contribution in [0.5, 0.6) is 0 Å². The van der Waals surface area contributed by atoms with Crippen LogP contribution in [0.4, 0.5) is 8.78 Å². The largest absolute Gasteiger partial charge is 0.380 e. The fourth-order valence-electron chi connectivity index (χ4n) is 1.69. The van der Waals surface area contributed by atoms with Gasteiger partial charge in [0.2, 0.25) is 0 Å². The normalized spacial score (nSPS) is 12.7. The molecule has 0 saturated carbocycles. The third-order valence-corrected chi connectivity index (χ3v) is 2.48. The first kappa shape index (κ1) is 14.1. The molecule has 0 aliphatic carbocycles. The quantitative estimate of drug-likeness (QED) is 0.794. The first-order valence-corrected chi connectivity index (χ1v) is 5.92. The molecule has 1 atom stereocenters. The summed E-state index contributed by atoms with van der Waals surface area (Å²) in [6.45, 7) is 5.98. The van der Waals surface area contributed by atoms with Crippen molar-refractivity contribution in [2.45, 2.75) is 26.3 Å². The number of rotatable bonds is 7. The molecule has 1 rings (SSSR count). The van der Waals surface area contributed by atoms with E-state index in [1.165, 1.54) is 6.07 Å². The topological polar surface area (TPSA) is 21.3 Å². The monoisotopic (exact) mass is 243 g/mol. The Bertz CT molecular complexity index is 344. The summed E-state index contributed by atoms with van der Waals surface area (Å²) in [6.07, 6.45) is 0.630. The van der Waals surface area contributed by atoms with Crippen LogP contribution in [0.3, 0.4) is 0 Å². The number of halogens is 2. The van der Waals surface area contributed by atoms with Crippen LogP contribution < -0.4 is 5.32 Å². The van der Waals surface area contributed by atoms with Crippen LogP contribution in [0.2, 0.25) is 0 Å². The maximum Gasteiger partial charge on any atom is 0.159 e. The fourth-order valence-corrected chi connectivity index (χ4v) is 1.69. The molecule has 0 aliphatic heterocycles. The van der Waals surface area contributed by atoms with Gasteiger partial charge >= 0.3 is 0 Å². The first-order valence-electron chi connectivity index (χ1n) is 5.92. The van der Waals surface area contributed by atoms with E-state index in [2.05, 4.69) is 5.32 Å². The lowest BCUT2D eigenvalue weighted by atomic mass is 10.1. The Hall–Kier alpha value is -1.00. The summed E-state index contributed by atoms with van der Waals surface area (Å²) in [4.78, 5) is 0. The van der Waals surface area contributed by atoms with Gasteiger partial charge in [-0.3, -0.25) is 0 Å². The molecule has 0 amide bonds. The molecule has 1 unspecified atom stereocenters. The predicted molar refractivity (Wildman–Crippen MR) is 64.0 cm³/mol. The van der Waals surface area contributed by atoms with Crippen molar-refractivity contribution in [2.75, 3.05) is 19.8 Å². The van der Waals surface area contributed by atoms with E-state index < -0.39 is 11.6 Å². The summed E-state index contributed by atoms with van der Waals surface area (Å²) < 4.78 is 31.2. The molecule has 1 aromatic rings. The lowest BCUT2D eigenvalue weighted by Gasteiger charge is -2.17. The highest BCUT2D eigenvalue weighted by molar-refractivity contribution is 5.18. The average molecular weight is 243 g/mol. The average Bonchev–Trinajstić information content (AvgIpc) is 2.31. The smallest absolute Gasteiger partial charge is 0.159 e. The van der Waals surface area contributed by atoms with Crippen molar-refractivity contribution in [3.8, 4) is 0 Å². The van der Waals surface area contributed by atoms with Crippen LogP contribution in [-0.4, -0.2) is 25.8 Å². The summed E-state index contributed by atoms with van der Waals surface area (Å²) in [5.74, 6) is -1.60. The van der Waals surface area contributed by atoms with E-state index in [1.807, 2.05) is 13.8 Å². The van der Waals surface area contributed by atoms with E-state index in [4.69, 9.17) is 4.74 Å². The van der Waals surface area contributed by atoms with Gasteiger partial charge in [0, 0.05) is 12.6 Å². The molecule has 17 heavy (non-hydrogen) atoms. The van der Waals surface area contributed by atoms with Gasteiger partial charge in [-0.15, -0.1) is 0 Å². The molecule has 0 bridgehead atoms. The SMILES string of the molecule is CCNC(COCC)Cc1ccc(F)c(F)c1. The van der Waals surface area contributed by atoms with Gasteiger partial charge in [0.05, 0.1) is 6.61 Å². The first-order chi connectivity index (χ1) is 8.17. The van der Waals surface area contributed by atoms with Crippen molar-refractivity contribution in [3.05, 3.63) is 35.4 Å². The molecule has 2 nitrogen and oxygen atoms in total. The zero-order valence-corrected chi connectivity index (χ0v) is 10.3. The van der Waals surface area contributed by atoms with Gasteiger partial charge < -0.3 is 10.1 Å². The number of hydrogen-bond donors (Lipinski definition) is 1. The molecule has 0 aliphatic rings. The highest BCUT2D eigenvalue weighted by atomic mass is 19.2. The van der Waals surface area contributed by atoms with Crippen LogP contribution in [0, 0.1) is 11.6 Å². The number of nitrogens with one attached hydrogen (secondary N) is 1. The van der Waals surface area contributed by atoms with E-state index in [0.717, 1.165) is 18.2 Å². The standard InChI is InChI=1S/C13H19F2NO/c1-3-16-11(9-17-4-2)7-10-5-6-12(14)13(15)8-10/h5-6,8,11,16H,3-4,7,9H2,1-2H3. The van der Waals surface area contributed by atoms with Gasteiger partial charge in [0.15, 0.2) is 11.6 Å². The van der Waals surface area contributed by atoms with Crippen molar-refractivity contribution in [1.29, 1.82) is 0 Å². The van der Waals surface area contributed by atoms with E-state index in [-0.39, 0.29) is 6.04 Å². The van der Waals surface area contributed by atoms with Crippen LogP contribution >= 0.6 is 0 Å². The number of benzene rings is 1. The Morgan fingerprint density at radius 1 is 1.24 bits per heavy atom. The Kier molecular flexibility index (Phi) is 6.08. The van der Waals surface area contributed by atoms with Gasteiger partial charge in [-0.05, 0) is 37.6 Å². The molecule has 0 radical (unpaired) electrons. The van der Waals surface area contributed by atoms with Crippen LogP contribution in [-0.2, 0) is 11.2 Å². The Labute approximate surface area is 101 Å². The lowest BCUT2D eigenvalue weighted by molar-refractivity contribution is 0.123. The molecule has 4 heteroatoms. The number of ether oxygens (including phenoxy) is 1. The summed E-state index contributed by atoms with van der Waals surface area (Å²) >= 11 is 0. The zero-order chi connectivity index (χ0) is 12.7. The summed E-state index contributed by atoms with van der Waals surface area (Å²) in [5, 5.41) is 3.26. The third-order valence-electron chi connectivity index (χ3n) is 2.48. The van der Waals surface area contributed by atoms with Crippen molar-refractivity contribution in [2.24, 2.45) is 0 Å². The maximum atomic E-state index is 13.0. The molecule has 0 spiro atoms. The molecule has 0 saturated heterocycles. The van der Waals surface area contributed by atoms with Crippen LogP contribution in [0.15, 0.2) is 18.2 Å². The molecular formula is C13H19F2NO. The van der Waals surface area contributed by atoms with E-state index in [9.17, 15) is 8.78 Å². The minimum atomic E-state index is -0.807. The van der Waals surface area contributed by atoms with E-state index in [0.29, 0.717) is 19.6 Å². The summed E-state index contributed by atoms with van der Waals surface area (Å²) in [6, 6.07) is 4.14. The van der Waals surface area contributed by atoms with Crippen molar-refractivity contribution >= 4 is 0 Å². The van der Waals surface area contributed by atoms with E-state index >= 15 is 0 Å². The molecular weight excluding hydrogens is 224 g/mol. The van der Waals surface area contributed by atoms with Gasteiger partial charge in [0.1, 0.15) is 0 Å². The highest BCUT2D eigenvalue weighted by Crippen LogP contribution is 2.10. The molecule has 1 aromatic carbocycles. The van der Waals surface area contributed by atoms with Gasteiger partial charge in [-0.1, -0.05) is 13.0 Å². The summed E-state index contributed by atoms with van der Waals surface area (Å²) in [5.41, 5.74) is 0.773. The molecule has 0 fully saturated rings. The molecule has 0 heterocycles. The minimum absolute atomic E-state index is 0.129. The fraction of sp³-hybridized carbons (Fsp3) is 0.538. The van der Waals surface area contributed by atoms with Gasteiger partial charge in [-0.25, -0.2) is 8.78 Å². The maximum absolute atomic E-state index is 13.0. The van der Waals surface area contributed by atoms with Crippen LogP contribution in [0.25, 0.3) is 0 Å². The van der Waals surface area contributed by atoms with Crippen LogP contribution in [0.1, 0.15) is 19.4 Å². The van der Waals surface area contributed by atoms with Crippen molar-refractivity contribution in [1.82, 2.24) is 5.32 Å². The zero-order valence-electron chi connectivity index (χ0n) is 10.3. The second-order valence-electron chi connectivity index (χ2n) is 3.87. The highest BCUT2D eigenvalue weighted by Gasteiger charge is 2.10. The van der Waals surface area contributed by atoms with Crippen molar-refractivity contribution in [3.63, 3.8) is 0 Å². The molecule has 96 valence electrons. The second-order valence-corrected chi connectivity index (χ2v) is 3.87. The second kappa shape index (κ2) is 7.35. The van der Waals surface area contributed by atoms with Gasteiger partial charge in [0.25, 0.3) is 0 Å². The lowest BCUT2D eigenvalue weighted by Crippen LogP contribution is -2.35. The molecule has 1 N–H and O–H groups in total. The number of hydrogen-bond acceptors (Lipinski definition) is 2. The minimum Gasteiger partial charge on any atom is -0.380 e. The van der Waals surface area contributed by atoms with E-state index in [1.54, 1.807) is 6.07 Å². The number of likely N-dealkylation sites (N-methyl/N-ethyl adjacent to an activating group) is 1. The van der Waals surface area contributed by atoms with Gasteiger partial charge in [-0.2, -0.15) is 0 Å². The Morgan fingerprint density at radius 2 is 2.00 bits per heavy atom. The Morgan fingerprint density at radius 3 is 2.59 bits per heavy atom. The predicted octanol–water partition coefficient (Wildman–Crippen LogP) is 2.52. The van der Waals surface area contributed by atoms with Crippen molar-refractivity contribution < 1.29 is 13.5 Å². The third kappa shape index (κ3) is 4.79. The molecule has 0 aromatic heterocycles.